The molecule has 11 atom stereocenters. The third-order valence-corrected chi connectivity index (χ3v) is 7.75. The van der Waals surface area contributed by atoms with Crippen LogP contribution in [0.2, 0.25) is 0 Å². The van der Waals surface area contributed by atoms with E-state index < -0.39 is 85.0 Å². The Bertz CT molecular complexity index is 1270. The van der Waals surface area contributed by atoms with E-state index in [4.69, 9.17) is 18.9 Å². The molecule has 41 heavy (non-hydrogen) atoms. The summed E-state index contributed by atoms with van der Waals surface area (Å²) in [6.45, 7) is 0.570. The SMILES string of the molecule is C[C@@H]1OC([C@@]2(Oc3ccc(C4CC(=O)c5c(O)cc(O)cc5O4)cc3)O[C@H](CO)[C@@H](O)[C@H](O)[C@H]2O)[C@H](O)[C@H](O)[C@H]1O. The predicted molar refractivity (Wildman–Crippen MR) is 134 cm³/mol. The molecule has 0 aliphatic carbocycles. The molecule has 0 radical (unpaired) electrons. The van der Waals surface area contributed by atoms with Crippen LogP contribution < -0.4 is 9.47 Å². The third kappa shape index (κ3) is 5.01. The van der Waals surface area contributed by atoms with Gasteiger partial charge in [-0.25, -0.2) is 0 Å². The van der Waals surface area contributed by atoms with Crippen molar-refractivity contribution in [2.24, 2.45) is 0 Å². The third-order valence-electron chi connectivity index (χ3n) is 7.75. The molecular weight excluding hydrogens is 548 g/mol. The highest BCUT2D eigenvalue weighted by molar-refractivity contribution is 6.02. The van der Waals surface area contributed by atoms with Crippen LogP contribution in [0, 0.1) is 0 Å². The maximum Gasteiger partial charge on any atom is 0.268 e. The van der Waals surface area contributed by atoms with Crippen molar-refractivity contribution in [3.05, 3.63) is 47.5 Å². The van der Waals surface area contributed by atoms with Crippen molar-refractivity contribution < 1.29 is 69.7 Å². The maximum absolute atomic E-state index is 12.7. The second-order valence-electron chi connectivity index (χ2n) is 10.5. The van der Waals surface area contributed by atoms with Crippen LogP contribution >= 0.6 is 0 Å². The average Bonchev–Trinajstić information content (AvgIpc) is 2.94. The van der Waals surface area contributed by atoms with E-state index in [9.17, 15) is 50.8 Å². The van der Waals surface area contributed by atoms with E-state index in [1.54, 1.807) is 0 Å². The highest BCUT2D eigenvalue weighted by atomic mass is 16.7. The van der Waals surface area contributed by atoms with E-state index in [0.717, 1.165) is 6.07 Å². The molecule has 3 heterocycles. The number of rotatable bonds is 5. The molecule has 2 unspecified atom stereocenters. The molecule has 5 rings (SSSR count). The van der Waals surface area contributed by atoms with E-state index >= 15 is 0 Å². The van der Waals surface area contributed by atoms with Gasteiger partial charge in [0.25, 0.3) is 5.79 Å². The van der Waals surface area contributed by atoms with Crippen LogP contribution in [0.15, 0.2) is 36.4 Å². The van der Waals surface area contributed by atoms with Gasteiger partial charge in [-0.2, -0.15) is 0 Å². The Labute approximate surface area is 233 Å². The molecule has 14 nitrogen and oxygen atoms in total. The molecule has 2 aromatic carbocycles. The fourth-order valence-electron chi connectivity index (χ4n) is 5.47. The van der Waals surface area contributed by atoms with Gasteiger partial charge < -0.3 is 64.9 Å². The first-order valence-corrected chi connectivity index (χ1v) is 12.9. The number of aliphatic hydroxyl groups excluding tert-OH is 7. The Hall–Kier alpha value is -3.05. The van der Waals surface area contributed by atoms with Crippen LogP contribution in [0.1, 0.15) is 35.4 Å². The smallest absolute Gasteiger partial charge is 0.268 e. The van der Waals surface area contributed by atoms with E-state index in [1.165, 1.54) is 37.3 Å². The fourth-order valence-corrected chi connectivity index (χ4v) is 5.47. The van der Waals surface area contributed by atoms with Crippen molar-refractivity contribution >= 4 is 5.78 Å². The minimum atomic E-state index is -2.49. The summed E-state index contributed by atoms with van der Waals surface area (Å²) in [5, 5.41) is 93.0. The summed E-state index contributed by atoms with van der Waals surface area (Å²) in [5.74, 6) is -3.61. The number of fused-ring (bicyclic) bond motifs is 1. The molecule has 224 valence electrons. The van der Waals surface area contributed by atoms with Gasteiger partial charge in [0.1, 0.15) is 71.3 Å². The van der Waals surface area contributed by atoms with E-state index in [2.05, 4.69) is 0 Å². The fraction of sp³-hybridized carbons (Fsp3) is 0.519. The van der Waals surface area contributed by atoms with Crippen molar-refractivity contribution in [2.45, 2.75) is 80.2 Å². The summed E-state index contributed by atoms with van der Waals surface area (Å²) >= 11 is 0. The minimum absolute atomic E-state index is 0.00245. The molecule has 0 aromatic heterocycles. The number of phenols is 2. The van der Waals surface area contributed by atoms with Crippen molar-refractivity contribution in [3.63, 3.8) is 0 Å². The first-order valence-electron chi connectivity index (χ1n) is 12.9. The number of phenolic OH excluding ortho intramolecular Hbond substituents is 2. The average molecular weight is 581 g/mol. The summed E-state index contributed by atoms with van der Waals surface area (Å²) < 4.78 is 23.3. The van der Waals surface area contributed by atoms with Gasteiger partial charge in [0.05, 0.1) is 19.1 Å². The van der Waals surface area contributed by atoms with Crippen LogP contribution in [-0.4, -0.2) is 119 Å². The first-order chi connectivity index (χ1) is 19.4. The lowest BCUT2D eigenvalue weighted by Gasteiger charge is -2.54. The minimum Gasteiger partial charge on any atom is -0.508 e. The quantitative estimate of drug-likeness (QED) is 0.190. The molecule has 0 amide bonds. The van der Waals surface area contributed by atoms with Crippen molar-refractivity contribution in [2.75, 3.05) is 6.61 Å². The lowest BCUT2D eigenvalue weighted by atomic mass is 9.83. The topological polar surface area (TPSA) is 236 Å². The largest absolute Gasteiger partial charge is 0.508 e. The summed E-state index contributed by atoms with van der Waals surface area (Å²) in [6.07, 6.45) is -16.2. The molecule has 2 aromatic rings. The Morgan fingerprint density at radius 1 is 0.927 bits per heavy atom. The number of hydrogen-bond donors (Lipinski definition) is 9. The van der Waals surface area contributed by atoms with E-state index in [0.29, 0.717) is 5.56 Å². The molecular formula is C27H32O14. The number of aromatic hydroxyl groups is 2. The molecule has 0 bridgehead atoms. The second kappa shape index (κ2) is 11.0. The molecule has 2 saturated heterocycles. The van der Waals surface area contributed by atoms with Gasteiger partial charge >= 0.3 is 0 Å². The van der Waals surface area contributed by atoms with Gasteiger partial charge in [0.15, 0.2) is 18.0 Å². The molecule has 14 heteroatoms. The molecule has 2 fully saturated rings. The van der Waals surface area contributed by atoms with Gasteiger partial charge in [-0.1, -0.05) is 12.1 Å². The van der Waals surface area contributed by atoms with Crippen LogP contribution in [-0.2, 0) is 9.47 Å². The van der Waals surface area contributed by atoms with Gasteiger partial charge in [0.2, 0.25) is 0 Å². The Balaban J connectivity index is 1.46. The maximum atomic E-state index is 12.7. The Kier molecular flexibility index (Phi) is 7.88. The molecule has 3 aliphatic rings. The van der Waals surface area contributed by atoms with Gasteiger partial charge in [-0.3, -0.25) is 4.79 Å². The lowest BCUT2D eigenvalue weighted by molar-refractivity contribution is -0.394. The zero-order valence-electron chi connectivity index (χ0n) is 21.7. The summed E-state index contributed by atoms with van der Waals surface area (Å²) in [6, 6.07) is 8.06. The van der Waals surface area contributed by atoms with Crippen molar-refractivity contribution in [3.8, 4) is 23.0 Å². The van der Waals surface area contributed by atoms with Gasteiger partial charge in [0, 0.05) is 12.1 Å². The van der Waals surface area contributed by atoms with Crippen LogP contribution in [0.4, 0.5) is 0 Å². The number of ether oxygens (including phenoxy) is 4. The molecule has 0 spiro atoms. The molecule has 9 N–H and O–H groups in total. The van der Waals surface area contributed by atoms with E-state index in [-0.39, 0.29) is 29.2 Å². The standard InChI is InChI=1S/C27H32O14/c1-10-20(32)22(34)24(36)26(38-10)27(25(37)23(35)21(33)18(9-28)41-27)40-13-4-2-11(3-5-13)16-8-15(31)19-14(30)6-12(29)7-17(19)39-16/h2-7,10,16,18,20-26,28-30,32-37H,8-9H2,1H3/t10-,16?,18+,20-,21+,22+,23-,24+,25+,26?,27-/m0/s1. The number of aliphatic hydroxyl groups is 7. The number of hydrogen-bond acceptors (Lipinski definition) is 14. The highest BCUT2D eigenvalue weighted by Gasteiger charge is 2.64. The normalized spacial score (nSPS) is 39.1. The monoisotopic (exact) mass is 580 g/mol. The molecule has 0 saturated carbocycles. The predicted octanol–water partition coefficient (Wildman–Crippen LogP) is -1.78. The Morgan fingerprint density at radius 2 is 1.61 bits per heavy atom. The zero-order chi connectivity index (χ0) is 29.8. The van der Waals surface area contributed by atoms with E-state index in [1.807, 2.05) is 0 Å². The summed E-state index contributed by atoms with van der Waals surface area (Å²) in [7, 11) is 0. The zero-order valence-corrected chi connectivity index (χ0v) is 21.7. The molecule has 3 aliphatic heterocycles. The van der Waals surface area contributed by atoms with Crippen molar-refractivity contribution in [1.29, 1.82) is 0 Å². The number of Topliss-reactive ketones (excluding diaryl/α,β-unsaturated/α-hetero) is 1. The van der Waals surface area contributed by atoms with Crippen LogP contribution in [0.5, 0.6) is 23.0 Å². The first kappa shape index (κ1) is 29.4. The van der Waals surface area contributed by atoms with Gasteiger partial charge in [-0.05, 0) is 24.6 Å². The lowest BCUT2D eigenvalue weighted by Crippen LogP contribution is -2.76. The van der Waals surface area contributed by atoms with Gasteiger partial charge in [-0.15, -0.1) is 0 Å². The summed E-state index contributed by atoms with van der Waals surface area (Å²) in [4.78, 5) is 12.7. The van der Waals surface area contributed by atoms with Crippen LogP contribution in [0.3, 0.4) is 0 Å². The number of benzene rings is 2. The van der Waals surface area contributed by atoms with Crippen molar-refractivity contribution in [1.82, 2.24) is 0 Å². The Morgan fingerprint density at radius 3 is 2.27 bits per heavy atom. The highest BCUT2D eigenvalue weighted by Crippen LogP contribution is 2.43. The van der Waals surface area contributed by atoms with Crippen LogP contribution in [0.25, 0.3) is 0 Å². The number of carbonyl (C=O) groups excluding carboxylic acids is 1. The second-order valence-corrected chi connectivity index (χ2v) is 10.5. The number of ketones is 1. The number of carbonyl (C=O) groups is 1. The summed E-state index contributed by atoms with van der Waals surface area (Å²) in [5.41, 5.74) is 0.444.